The van der Waals surface area contributed by atoms with Crippen LogP contribution in [-0.2, 0) is 4.79 Å². The van der Waals surface area contributed by atoms with Gasteiger partial charge < -0.3 is 20.1 Å². The van der Waals surface area contributed by atoms with Gasteiger partial charge in [-0.2, -0.15) is 0 Å². The largest absolute Gasteiger partial charge is 0.352 e. The molecular weight excluding hydrogens is 490 g/mol. The smallest absolute Gasteiger partial charge is 0.226 e. The summed E-state index contributed by atoms with van der Waals surface area (Å²) in [5, 5.41) is 7.71. The standard InChI is InChI=1S/C28H26ClN5OS/c1-19-7-4-9-21(17-19)31-25(35)13-16-34-27(26(32-28(34)36)23-11-2-3-14-30-23)24-12-6-15-33(24)22-10-5-8-20(29)18-22/h2-12,14-15,17-18,26-27H,13,16H2,1H3,(H,31,35)(H,32,36)/t26-,27-/m0/s1. The Morgan fingerprint density at radius 2 is 1.94 bits per heavy atom. The summed E-state index contributed by atoms with van der Waals surface area (Å²) in [5.41, 5.74) is 4.75. The molecule has 6 nitrogen and oxygen atoms in total. The number of nitrogens with one attached hydrogen (secondary N) is 2. The first-order valence-electron chi connectivity index (χ1n) is 11.8. The molecule has 3 heterocycles. The fourth-order valence-corrected chi connectivity index (χ4v) is 5.15. The van der Waals surface area contributed by atoms with Gasteiger partial charge in [-0.25, -0.2) is 0 Å². The molecule has 1 saturated heterocycles. The van der Waals surface area contributed by atoms with Crippen LogP contribution < -0.4 is 10.6 Å². The fourth-order valence-electron chi connectivity index (χ4n) is 4.63. The predicted molar refractivity (Wildman–Crippen MR) is 147 cm³/mol. The minimum absolute atomic E-state index is 0.0614. The number of carbonyl (C=O) groups is 1. The number of amides is 1. The van der Waals surface area contributed by atoms with Crippen LogP contribution in [-0.4, -0.2) is 32.0 Å². The molecule has 2 aromatic heterocycles. The lowest BCUT2D eigenvalue weighted by Gasteiger charge is -2.29. The summed E-state index contributed by atoms with van der Waals surface area (Å²) in [6, 6.07) is 25.1. The van der Waals surface area contributed by atoms with E-state index in [2.05, 4.69) is 31.2 Å². The van der Waals surface area contributed by atoms with Crippen LogP contribution in [0.25, 0.3) is 5.69 Å². The van der Waals surface area contributed by atoms with Crippen molar-refractivity contribution < 1.29 is 4.79 Å². The number of thiocarbonyl (C=S) groups is 1. The molecule has 0 aliphatic carbocycles. The van der Waals surface area contributed by atoms with E-state index in [1.165, 1.54) is 0 Å². The molecule has 1 aliphatic rings. The Hall–Kier alpha value is -3.68. The third-order valence-corrected chi connectivity index (χ3v) is 6.84. The SMILES string of the molecule is Cc1cccc(NC(=O)CCN2C(=S)N[C@@H](c3ccccn3)[C@@H]2c2cccn2-c2cccc(Cl)c2)c1. The van der Waals surface area contributed by atoms with Crippen LogP contribution in [0, 0.1) is 6.92 Å². The minimum Gasteiger partial charge on any atom is -0.352 e. The van der Waals surface area contributed by atoms with E-state index in [-0.39, 0.29) is 18.0 Å². The molecule has 1 fully saturated rings. The maximum absolute atomic E-state index is 12.8. The van der Waals surface area contributed by atoms with Gasteiger partial charge in [0.2, 0.25) is 5.91 Å². The highest BCUT2D eigenvalue weighted by atomic mass is 35.5. The van der Waals surface area contributed by atoms with Crippen molar-refractivity contribution in [1.82, 2.24) is 19.8 Å². The van der Waals surface area contributed by atoms with Gasteiger partial charge in [0.25, 0.3) is 0 Å². The summed E-state index contributed by atoms with van der Waals surface area (Å²) < 4.78 is 2.11. The van der Waals surface area contributed by atoms with Crippen LogP contribution in [0.3, 0.4) is 0 Å². The number of hydrogen-bond acceptors (Lipinski definition) is 3. The predicted octanol–water partition coefficient (Wildman–Crippen LogP) is 5.84. The van der Waals surface area contributed by atoms with Crippen molar-refractivity contribution in [3.8, 4) is 5.69 Å². The number of anilines is 1. The number of aryl methyl sites for hydroxylation is 1. The first-order chi connectivity index (χ1) is 17.5. The summed E-state index contributed by atoms with van der Waals surface area (Å²) >= 11 is 12.1. The van der Waals surface area contributed by atoms with E-state index >= 15 is 0 Å². The second kappa shape index (κ2) is 10.5. The number of hydrogen-bond donors (Lipinski definition) is 2. The number of pyridine rings is 1. The van der Waals surface area contributed by atoms with E-state index in [0.717, 1.165) is 28.3 Å². The van der Waals surface area contributed by atoms with Crippen LogP contribution in [0.1, 0.15) is 35.5 Å². The Labute approximate surface area is 220 Å². The Bertz CT molecular complexity index is 1390. The Kier molecular flexibility index (Phi) is 7.02. The molecule has 1 amide bonds. The second-order valence-electron chi connectivity index (χ2n) is 8.77. The fraction of sp³-hybridized carbons (Fsp3) is 0.179. The minimum atomic E-state index is -0.175. The zero-order chi connectivity index (χ0) is 25.1. The highest BCUT2D eigenvalue weighted by Crippen LogP contribution is 2.39. The van der Waals surface area contributed by atoms with Gasteiger partial charge in [0.15, 0.2) is 5.11 Å². The van der Waals surface area contributed by atoms with E-state index in [1.54, 1.807) is 6.20 Å². The molecule has 8 heteroatoms. The number of rotatable bonds is 7. The van der Waals surface area contributed by atoms with Crippen LogP contribution in [0.4, 0.5) is 5.69 Å². The van der Waals surface area contributed by atoms with Crippen molar-refractivity contribution in [2.24, 2.45) is 0 Å². The summed E-state index contributed by atoms with van der Waals surface area (Å²) in [4.78, 5) is 19.5. The summed E-state index contributed by atoms with van der Waals surface area (Å²) in [7, 11) is 0. The normalized spacial score (nSPS) is 17.2. The second-order valence-corrected chi connectivity index (χ2v) is 9.59. The van der Waals surface area contributed by atoms with Gasteiger partial charge in [0.05, 0.1) is 17.8 Å². The van der Waals surface area contributed by atoms with Crippen molar-refractivity contribution in [2.45, 2.75) is 25.4 Å². The van der Waals surface area contributed by atoms with Gasteiger partial charge in [-0.3, -0.25) is 9.78 Å². The number of carbonyl (C=O) groups excluding carboxylic acids is 1. The summed E-state index contributed by atoms with van der Waals surface area (Å²) in [5.74, 6) is -0.0614. The molecule has 0 saturated carbocycles. The maximum Gasteiger partial charge on any atom is 0.226 e. The van der Waals surface area contributed by atoms with E-state index in [9.17, 15) is 4.79 Å². The third kappa shape index (κ3) is 5.12. The Morgan fingerprint density at radius 1 is 1.08 bits per heavy atom. The van der Waals surface area contributed by atoms with E-state index in [1.807, 2.05) is 85.9 Å². The lowest BCUT2D eigenvalue weighted by molar-refractivity contribution is -0.116. The van der Waals surface area contributed by atoms with Gasteiger partial charge in [-0.1, -0.05) is 35.9 Å². The van der Waals surface area contributed by atoms with E-state index in [0.29, 0.717) is 23.1 Å². The average Bonchev–Trinajstić information content (AvgIpc) is 3.47. The van der Waals surface area contributed by atoms with Gasteiger partial charge in [0, 0.05) is 47.5 Å². The summed E-state index contributed by atoms with van der Waals surface area (Å²) in [6.07, 6.45) is 4.09. The van der Waals surface area contributed by atoms with Crippen LogP contribution >= 0.6 is 23.8 Å². The molecule has 0 bridgehead atoms. The highest BCUT2D eigenvalue weighted by molar-refractivity contribution is 7.80. The van der Waals surface area contributed by atoms with Crippen molar-refractivity contribution in [3.63, 3.8) is 0 Å². The molecule has 182 valence electrons. The number of aromatic nitrogens is 2. The molecule has 36 heavy (non-hydrogen) atoms. The quantitative estimate of drug-likeness (QED) is 0.303. The van der Waals surface area contributed by atoms with Gasteiger partial charge in [-0.05, 0) is 79.3 Å². The van der Waals surface area contributed by atoms with Crippen molar-refractivity contribution in [1.29, 1.82) is 0 Å². The van der Waals surface area contributed by atoms with Crippen molar-refractivity contribution in [2.75, 3.05) is 11.9 Å². The molecule has 2 atom stereocenters. The van der Waals surface area contributed by atoms with Gasteiger partial charge >= 0.3 is 0 Å². The third-order valence-electron chi connectivity index (χ3n) is 6.25. The van der Waals surface area contributed by atoms with E-state index in [4.69, 9.17) is 23.8 Å². The molecule has 2 aromatic carbocycles. The van der Waals surface area contributed by atoms with Gasteiger partial charge in [0.1, 0.15) is 0 Å². The monoisotopic (exact) mass is 515 g/mol. The molecule has 2 N–H and O–H groups in total. The zero-order valence-corrected chi connectivity index (χ0v) is 21.3. The zero-order valence-electron chi connectivity index (χ0n) is 19.8. The Balaban J connectivity index is 1.44. The summed E-state index contributed by atoms with van der Waals surface area (Å²) in [6.45, 7) is 2.46. The van der Waals surface area contributed by atoms with Crippen LogP contribution in [0.5, 0.6) is 0 Å². The average molecular weight is 516 g/mol. The number of nitrogens with zero attached hydrogens (tertiary/aromatic N) is 3. The van der Waals surface area contributed by atoms with Crippen molar-refractivity contribution >= 4 is 40.5 Å². The van der Waals surface area contributed by atoms with E-state index < -0.39 is 0 Å². The molecule has 0 spiro atoms. The molecule has 0 unspecified atom stereocenters. The number of benzene rings is 2. The first-order valence-corrected chi connectivity index (χ1v) is 12.6. The molecule has 0 radical (unpaired) electrons. The number of halogens is 1. The lowest BCUT2D eigenvalue weighted by atomic mass is 10.0. The molecule has 5 rings (SSSR count). The van der Waals surface area contributed by atoms with Crippen LogP contribution in [0.2, 0.25) is 5.02 Å². The highest BCUT2D eigenvalue weighted by Gasteiger charge is 2.41. The molecule has 1 aliphatic heterocycles. The Morgan fingerprint density at radius 3 is 2.72 bits per heavy atom. The van der Waals surface area contributed by atoms with Gasteiger partial charge in [-0.15, -0.1) is 0 Å². The topological polar surface area (TPSA) is 62.2 Å². The lowest BCUT2D eigenvalue weighted by Crippen LogP contribution is -2.33. The molecule has 4 aromatic rings. The van der Waals surface area contributed by atoms with Crippen LogP contribution in [0.15, 0.2) is 91.3 Å². The molecular formula is C28H26ClN5OS. The first kappa shape index (κ1) is 24.0. The van der Waals surface area contributed by atoms with Crippen molar-refractivity contribution in [3.05, 3.63) is 113 Å². The maximum atomic E-state index is 12.8.